The van der Waals surface area contributed by atoms with E-state index in [-0.39, 0.29) is 113 Å². The zero-order valence-corrected chi connectivity index (χ0v) is 85.0. The van der Waals surface area contributed by atoms with Crippen LogP contribution >= 0.6 is 95.6 Å². The van der Waals surface area contributed by atoms with Crippen molar-refractivity contribution in [1.29, 1.82) is 0 Å². The SMILES string of the molecule is CC(Br)C(=O)OCCOC(=O)COc1ccc([S+](c2ccccc2)c2ccccc2)cc1.CC(C)(Br)C(=O)OCCOC(=O)c1ccc([S+](c2ccc(C(=O)OCCOC(=O)C(C)(C)Br)cc2)c2ccc(C(=O)OCCOC(=O)C(C)(C)Br)cc2)cc1.CC(C)(Br)C(=O)OCCOC(=O)c1ccc([S+](c2ccccc2)c2ccc(C(=O)OCCOC(=O)C(C)(C)Br)cc2)cc1. The molecule has 1 unspecified atom stereocenters. The van der Waals surface area contributed by atoms with Crippen LogP contribution in [-0.4, -0.2) is 184 Å². The van der Waals surface area contributed by atoms with Crippen molar-refractivity contribution in [2.45, 2.75) is 147 Å². The van der Waals surface area contributed by atoms with Crippen LogP contribution in [0.5, 0.6) is 5.75 Å². The van der Waals surface area contributed by atoms with E-state index in [1.165, 1.54) is 9.79 Å². The lowest BCUT2D eigenvalue weighted by Crippen LogP contribution is -2.28. The molecule has 130 heavy (non-hydrogen) atoms. The summed E-state index contributed by atoms with van der Waals surface area (Å²) in [5.41, 5.74) is 1.59. The molecule has 34 heteroatoms. The number of esters is 12. The maximum Gasteiger partial charge on any atom is 0.344 e. The maximum absolute atomic E-state index is 12.7. The standard InChI is InChI=1S/C39H42Br3O12S.C32H33Br2O8S.C25H24BrO5S/c1-37(2,40)34(46)52-22-19-49-31(43)25-7-13-28(14-8-25)55(29-15-9-26(10-16-29)32(44)50-20-23-53-35(47)38(3,4)41)30-17-11-27(12-18-30)33(45)51-21-24-54-36(48)39(5,6)42;1-31(2,33)29(37)41-20-18-39-27(35)22-10-14-25(15-11-22)43(24-8-6-5-7-9-24)26-16-12-23(13-17-26)28(36)40-19-21-42-30(38)32(3,4)34;1-19(26)25(28)30-17-16-29-24(27)18-31-20-12-14-23(15-13-20)32(21-8-4-2-5-9-21)22-10-6-3-7-11-22/h7-18H,19-24H2,1-6H3;5-17H,18-21H2,1-4H3;2-15,19H,16-18H2,1H3/q3*+1. The number of hydrogen-bond donors (Lipinski definition) is 0. The van der Waals surface area contributed by atoms with Crippen LogP contribution in [0.3, 0.4) is 0 Å². The third kappa shape index (κ3) is 36.5. The fraction of sp³-hybridized carbons (Fsp3) is 0.312. The number of ether oxygens (including phenoxy) is 13. The first-order valence-electron chi connectivity index (χ1n) is 40.2. The Morgan fingerprint density at radius 1 is 0.246 bits per heavy atom. The molecule has 0 radical (unpaired) electrons. The van der Waals surface area contributed by atoms with Gasteiger partial charge in [0.15, 0.2) is 50.7 Å². The van der Waals surface area contributed by atoms with Crippen molar-refractivity contribution in [2.75, 3.05) is 85.9 Å². The number of rotatable bonds is 41. The fourth-order valence-corrected chi connectivity index (χ4v) is 17.3. The monoisotopic (exact) mass is 2220 g/mol. The molecule has 9 aromatic carbocycles. The van der Waals surface area contributed by atoms with Gasteiger partial charge in [-0.1, -0.05) is 150 Å². The van der Waals surface area contributed by atoms with E-state index in [4.69, 9.17) is 61.6 Å². The van der Waals surface area contributed by atoms with Gasteiger partial charge in [0.2, 0.25) is 0 Å². The lowest BCUT2D eigenvalue weighted by Gasteiger charge is -2.15. The molecule has 0 aliphatic carbocycles. The Morgan fingerprint density at radius 3 is 0.623 bits per heavy atom. The Kier molecular flexibility index (Phi) is 43.4. The third-order valence-electron chi connectivity index (χ3n) is 17.1. The molecule has 0 aliphatic heterocycles. The molecule has 690 valence electrons. The van der Waals surface area contributed by atoms with Gasteiger partial charge >= 0.3 is 71.6 Å². The molecule has 0 amide bonds. The quantitative estimate of drug-likeness (QED) is 0.0113. The third-order valence-corrected chi connectivity index (χ3v) is 25.8. The highest BCUT2D eigenvalue weighted by Crippen LogP contribution is 2.36. The summed E-state index contributed by atoms with van der Waals surface area (Å²) in [7, 11) is -1.55. The molecule has 0 saturated heterocycles. The van der Waals surface area contributed by atoms with Crippen LogP contribution in [0.25, 0.3) is 0 Å². The first-order valence-corrected chi connectivity index (χ1v) is 48.8. The fourth-order valence-electron chi connectivity index (χ4n) is 10.4. The number of benzene rings is 9. The van der Waals surface area contributed by atoms with Gasteiger partial charge < -0.3 is 61.6 Å². The first kappa shape index (κ1) is 107. The highest BCUT2D eigenvalue weighted by Gasteiger charge is 2.36. The second-order valence-electron chi connectivity index (χ2n) is 30.0. The van der Waals surface area contributed by atoms with E-state index in [9.17, 15) is 57.5 Å². The molecular weight excluding hydrogens is 2130 g/mol. The van der Waals surface area contributed by atoms with Crippen LogP contribution in [0.4, 0.5) is 0 Å². The van der Waals surface area contributed by atoms with E-state index < -0.39 is 120 Å². The summed E-state index contributed by atoms with van der Waals surface area (Å²) in [5.74, 6) is -5.50. The number of carbonyl (C=O) groups excluding carboxylic acids is 12. The van der Waals surface area contributed by atoms with E-state index in [0.29, 0.717) is 16.9 Å². The molecule has 0 aromatic heterocycles. The van der Waals surface area contributed by atoms with Gasteiger partial charge in [0.25, 0.3) is 0 Å². The number of carbonyl (C=O) groups is 12. The van der Waals surface area contributed by atoms with Crippen molar-refractivity contribution >= 4 is 200 Å². The summed E-state index contributed by atoms with van der Waals surface area (Å²) in [5, 5.41) is 0. The highest BCUT2D eigenvalue weighted by molar-refractivity contribution is 9.11. The Bertz CT molecular complexity index is 4880. The van der Waals surface area contributed by atoms with E-state index >= 15 is 0 Å². The van der Waals surface area contributed by atoms with Crippen LogP contribution in [0.2, 0.25) is 0 Å². The van der Waals surface area contributed by atoms with Crippen molar-refractivity contribution in [3.63, 3.8) is 0 Å². The minimum absolute atomic E-state index is 0.0104. The van der Waals surface area contributed by atoms with Gasteiger partial charge in [-0.3, -0.25) is 28.8 Å². The van der Waals surface area contributed by atoms with Gasteiger partial charge in [0.05, 0.1) is 60.5 Å². The number of alkyl halides is 6. The van der Waals surface area contributed by atoms with Crippen LogP contribution < -0.4 is 4.74 Å². The van der Waals surface area contributed by atoms with Crippen LogP contribution in [0.15, 0.2) is 281 Å². The average molecular weight is 2230 g/mol. The van der Waals surface area contributed by atoms with Crippen molar-refractivity contribution in [1.82, 2.24) is 0 Å². The lowest BCUT2D eigenvalue weighted by atomic mass is 10.2. The van der Waals surface area contributed by atoms with Gasteiger partial charge in [0, 0.05) is 0 Å². The normalized spacial score (nSPS) is 11.6. The predicted molar refractivity (Wildman–Crippen MR) is 512 cm³/mol. The van der Waals surface area contributed by atoms with Crippen molar-refractivity contribution in [3.8, 4) is 5.75 Å². The summed E-state index contributed by atoms with van der Waals surface area (Å²) >= 11 is 19.2. The summed E-state index contributed by atoms with van der Waals surface area (Å²) < 4.78 is 63.2. The van der Waals surface area contributed by atoms with Gasteiger partial charge in [-0.05, 0) is 258 Å². The van der Waals surface area contributed by atoms with Crippen molar-refractivity contribution in [2.24, 2.45) is 0 Å². The Labute approximate surface area is 814 Å². The molecule has 9 rings (SSSR count). The van der Waals surface area contributed by atoms with Gasteiger partial charge in [-0.15, -0.1) is 0 Å². The van der Waals surface area contributed by atoms with Crippen LogP contribution in [0, 0.1) is 0 Å². The van der Waals surface area contributed by atoms with Gasteiger partial charge in [0.1, 0.15) is 111 Å². The second kappa shape index (κ2) is 52.6. The molecule has 0 bridgehead atoms. The lowest BCUT2D eigenvalue weighted by molar-refractivity contribution is -0.153. The van der Waals surface area contributed by atoms with Gasteiger partial charge in [-0.2, -0.15) is 0 Å². The molecule has 0 N–H and O–H groups in total. The van der Waals surface area contributed by atoms with E-state index in [1.807, 2.05) is 115 Å². The molecule has 25 nitrogen and oxygen atoms in total. The van der Waals surface area contributed by atoms with Crippen molar-refractivity contribution < 1.29 is 119 Å². The maximum atomic E-state index is 12.7. The minimum atomic E-state index is -0.859. The first-order chi connectivity index (χ1) is 61.5. The summed E-state index contributed by atoms with van der Waals surface area (Å²) in [6.45, 7) is 17.2. The molecule has 0 aliphatic rings. The Morgan fingerprint density at radius 2 is 0.423 bits per heavy atom. The zero-order valence-electron chi connectivity index (χ0n) is 73.0. The smallest absolute Gasteiger partial charge is 0.344 e. The number of halogens is 6. The highest BCUT2D eigenvalue weighted by atomic mass is 79.9. The number of hydrogen-bond acceptors (Lipinski definition) is 25. The van der Waals surface area contributed by atoms with E-state index in [1.54, 1.807) is 173 Å². The van der Waals surface area contributed by atoms with Crippen LogP contribution in [0.1, 0.15) is 128 Å². The molecule has 1 atom stereocenters. The minimum Gasteiger partial charge on any atom is -0.482 e. The average Bonchev–Trinajstić information content (AvgIpc) is 0.804. The summed E-state index contributed by atoms with van der Waals surface area (Å²) in [6.07, 6.45) is 0. The topological polar surface area (TPSA) is 325 Å². The van der Waals surface area contributed by atoms with Crippen molar-refractivity contribution in [3.05, 3.63) is 264 Å². The summed E-state index contributed by atoms with van der Waals surface area (Å²) in [6, 6.07) is 73.1. The molecular formula is C96H99Br6O25S3+3. The largest absolute Gasteiger partial charge is 0.482 e. The second-order valence-corrected chi connectivity index (χ2v) is 47.3. The summed E-state index contributed by atoms with van der Waals surface area (Å²) in [4.78, 5) is 155. The van der Waals surface area contributed by atoms with Gasteiger partial charge in [-0.25, -0.2) is 28.8 Å². The Hall–Kier alpha value is -9.65. The molecule has 0 fully saturated rings. The molecule has 0 heterocycles. The predicted octanol–water partition coefficient (Wildman–Crippen LogP) is 19.0. The van der Waals surface area contributed by atoms with E-state index in [2.05, 4.69) is 120 Å². The van der Waals surface area contributed by atoms with E-state index in [0.717, 1.165) is 34.3 Å². The van der Waals surface area contributed by atoms with Crippen LogP contribution in [-0.2, 0) is 123 Å². The molecule has 0 saturated carbocycles. The molecule has 0 spiro atoms. The zero-order chi connectivity index (χ0) is 95.4. The Balaban J connectivity index is 0.000000276. The molecule has 9 aromatic rings.